The van der Waals surface area contributed by atoms with E-state index in [1.807, 2.05) is 29.6 Å². The van der Waals surface area contributed by atoms with E-state index in [2.05, 4.69) is 38.0 Å². The van der Waals surface area contributed by atoms with Crippen molar-refractivity contribution >= 4 is 23.2 Å². The van der Waals surface area contributed by atoms with Gasteiger partial charge in [-0.3, -0.25) is 14.7 Å². The van der Waals surface area contributed by atoms with Crippen molar-refractivity contribution in [2.75, 3.05) is 46.9 Å². The summed E-state index contributed by atoms with van der Waals surface area (Å²) in [5, 5.41) is 11.7. The van der Waals surface area contributed by atoms with Crippen molar-refractivity contribution in [2.45, 2.75) is 25.3 Å². The maximum absolute atomic E-state index is 12.0. The summed E-state index contributed by atoms with van der Waals surface area (Å²) in [6.07, 6.45) is 3.32. The first-order valence-corrected chi connectivity index (χ1v) is 11.7. The maximum Gasteiger partial charge on any atom is 0.261 e. The molecule has 1 fully saturated rings. The molecule has 3 N–H and O–H groups in total. The van der Waals surface area contributed by atoms with Crippen LogP contribution in [0, 0.1) is 0 Å². The number of likely N-dealkylation sites (tertiary alicyclic amines) is 1. The number of nitrogens with one attached hydrogen (secondary N) is 3. The standard InChI is InChI=1S/C23H33N5O2S/c1-24-23(26-13-6-12-25-22(29)21-7-5-16-31-21)27-17-20(28-14-3-4-15-28)18-8-10-19(30-2)11-9-18/h5,7-11,16,20H,3-4,6,12-15,17H2,1-2H3,(H,25,29)(H2,24,26,27). The Balaban J connectivity index is 1.44. The van der Waals surface area contributed by atoms with E-state index in [9.17, 15) is 4.79 Å². The fraction of sp³-hybridized carbons (Fsp3) is 0.478. The van der Waals surface area contributed by atoms with Crippen LogP contribution in [0.25, 0.3) is 0 Å². The van der Waals surface area contributed by atoms with Crippen LogP contribution < -0.4 is 20.7 Å². The van der Waals surface area contributed by atoms with E-state index in [4.69, 9.17) is 4.74 Å². The van der Waals surface area contributed by atoms with Gasteiger partial charge in [0.2, 0.25) is 0 Å². The molecule has 1 aliphatic heterocycles. The van der Waals surface area contributed by atoms with Gasteiger partial charge in [0.25, 0.3) is 5.91 Å². The van der Waals surface area contributed by atoms with Crippen LogP contribution in [-0.4, -0.2) is 63.6 Å². The second-order valence-corrected chi connectivity index (χ2v) is 8.45. The Morgan fingerprint density at radius 2 is 1.87 bits per heavy atom. The molecule has 7 nitrogen and oxygen atoms in total. The van der Waals surface area contributed by atoms with Gasteiger partial charge in [0.05, 0.1) is 18.0 Å². The number of hydrogen-bond donors (Lipinski definition) is 3. The number of amides is 1. The minimum Gasteiger partial charge on any atom is -0.497 e. The van der Waals surface area contributed by atoms with Crippen molar-refractivity contribution in [2.24, 2.45) is 4.99 Å². The molecule has 0 aliphatic carbocycles. The van der Waals surface area contributed by atoms with E-state index in [1.165, 1.54) is 29.7 Å². The normalized spacial score (nSPS) is 15.5. The molecule has 1 amide bonds. The fourth-order valence-electron chi connectivity index (χ4n) is 3.74. The van der Waals surface area contributed by atoms with E-state index < -0.39 is 0 Å². The van der Waals surface area contributed by atoms with Gasteiger partial charge in [0.15, 0.2) is 5.96 Å². The molecule has 1 aromatic heterocycles. The van der Waals surface area contributed by atoms with Gasteiger partial charge in [-0.05, 0) is 61.5 Å². The quantitative estimate of drug-likeness (QED) is 0.299. The number of thiophene rings is 1. The molecule has 3 rings (SSSR count). The molecule has 1 atom stereocenters. The van der Waals surface area contributed by atoms with E-state index >= 15 is 0 Å². The molecule has 168 valence electrons. The second kappa shape index (κ2) is 12.3. The molecule has 1 saturated heterocycles. The maximum atomic E-state index is 12.0. The number of ether oxygens (including phenoxy) is 1. The van der Waals surface area contributed by atoms with Crippen molar-refractivity contribution in [3.05, 3.63) is 52.2 Å². The molecular formula is C23H33N5O2S. The lowest BCUT2D eigenvalue weighted by Crippen LogP contribution is -2.43. The molecule has 1 aromatic carbocycles. The number of methoxy groups -OCH3 is 1. The third-order valence-electron chi connectivity index (χ3n) is 5.44. The van der Waals surface area contributed by atoms with Crippen molar-refractivity contribution in [1.29, 1.82) is 0 Å². The summed E-state index contributed by atoms with van der Waals surface area (Å²) in [5.41, 5.74) is 1.28. The highest BCUT2D eigenvalue weighted by Crippen LogP contribution is 2.26. The van der Waals surface area contributed by atoms with Crippen LogP contribution in [0.4, 0.5) is 0 Å². The largest absolute Gasteiger partial charge is 0.497 e. The van der Waals surface area contributed by atoms with E-state index in [0.29, 0.717) is 6.54 Å². The number of benzene rings is 1. The first-order chi connectivity index (χ1) is 15.2. The lowest BCUT2D eigenvalue weighted by molar-refractivity contribution is 0.0957. The Bertz CT molecular complexity index is 817. The molecule has 0 spiro atoms. The first kappa shape index (κ1) is 23.1. The lowest BCUT2D eigenvalue weighted by Gasteiger charge is -2.29. The van der Waals surface area contributed by atoms with Gasteiger partial charge in [0.1, 0.15) is 5.75 Å². The van der Waals surface area contributed by atoms with Crippen LogP contribution in [0.1, 0.15) is 40.5 Å². The van der Waals surface area contributed by atoms with Crippen molar-refractivity contribution in [3.8, 4) is 5.75 Å². The predicted octanol–water partition coefficient (Wildman–Crippen LogP) is 2.88. The molecule has 0 saturated carbocycles. The molecule has 1 aliphatic rings. The number of hydrogen-bond acceptors (Lipinski definition) is 5. The highest BCUT2D eigenvalue weighted by molar-refractivity contribution is 7.12. The summed E-state index contributed by atoms with van der Waals surface area (Å²) in [6, 6.07) is 12.4. The average Bonchev–Trinajstić information content (AvgIpc) is 3.52. The zero-order chi connectivity index (χ0) is 21.9. The summed E-state index contributed by atoms with van der Waals surface area (Å²) in [7, 11) is 3.48. The van der Waals surface area contributed by atoms with Crippen molar-refractivity contribution < 1.29 is 9.53 Å². The van der Waals surface area contributed by atoms with Crippen LogP contribution in [0.3, 0.4) is 0 Å². The predicted molar refractivity (Wildman–Crippen MR) is 127 cm³/mol. The molecule has 8 heteroatoms. The first-order valence-electron chi connectivity index (χ1n) is 10.9. The van der Waals surface area contributed by atoms with Crippen molar-refractivity contribution in [1.82, 2.24) is 20.9 Å². The molecule has 31 heavy (non-hydrogen) atoms. The smallest absolute Gasteiger partial charge is 0.261 e. The summed E-state index contributed by atoms with van der Waals surface area (Å²) >= 11 is 1.46. The number of rotatable bonds is 10. The summed E-state index contributed by atoms with van der Waals surface area (Å²) < 4.78 is 5.31. The topological polar surface area (TPSA) is 78.0 Å². The number of aliphatic imine (C=N–C) groups is 1. The van der Waals surface area contributed by atoms with Gasteiger partial charge >= 0.3 is 0 Å². The molecule has 0 radical (unpaired) electrons. The van der Waals surface area contributed by atoms with E-state index in [-0.39, 0.29) is 11.9 Å². The van der Waals surface area contributed by atoms with Crippen LogP contribution in [-0.2, 0) is 0 Å². The number of carbonyl (C=O) groups excluding carboxylic acids is 1. The monoisotopic (exact) mass is 443 g/mol. The summed E-state index contributed by atoms with van der Waals surface area (Å²) in [5.74, 6) is 1.65. The van der Waals surface area contributed by atoms with Crippen LogP contribution in [0.15, 0.2) is 46.8 Å². The fourth-order valence-corrected chi connectivity index (χ4v) is 4.38. The molecule has 2 aromatic rings. The average molecular weight is 444 g/mol. The molecular weight excluding hydrogens is 410 g/mol. The number of nitrogens with zero attached hydrogens (tertiary/aromatic N) is 2. The van der Waals surface area contributed by atoms with Gasteiger partial charge in [-0.25, -0.2) is 0 Å². The van der Waals surface area contributed by atoms with Crippen LogP contribution >= 0.6 is 11.3 Å². The van der Waals surface area contributed by atoms with Gasteiger partial charge in [0, 0.05) is 26.7 Å². The lowest BCUT2D eigenvalue weighted by atomic mass is 10.1. The minimum atomic E-state index is -0.00884. The van der Waals surface area contributed by atoms with Gasteiger partial charge in [-0.2, -0.15) is 0 Å². The van der Waals surface area contributed by atoms with Crippen LogP contribution in [0.2, 0.25) is 0 Å². The van der Waals surface area contributed by atoms with E-state index in [1.54, 1.807) is 14.2 Å². The van der Waals surface area contributed by atoms with Crippen molar-refractivity contribution in [3.63, 3.8) is 0 Å². The molecule has 2 heterocycles. The second-order valence-electron chi connectivity index (χ2n) is 7.50. The Kier molecular flexibility index (Phi) is 9.17. The number of carbonyl (C=O) groups is 1. The highest BCUT2D eigenvalue weighted by atomic mass is 32.1. The Morgan fingerprint density at radius 1 is 1.13 bits per heavy atom. The molecule has 1 unspecified atom stereocenters. The van der Waals surface area contributed by atoms with Gasteiger partial charge in [-0.15, -0.1) is 11.3 Å². The third kappa shape index (κ3) is 6.97. The zero-order valence-electron chi connectivity index (χ0n) is 18.4. The molecule has 0 bridgehead atoms. The minimum absolute atomic E-state index is 0.00884. The Labute approximate surface area is 188 Å². The highest BCUT2D eigenvalue weighted by Gasteiger charge is 2.23. The number of guanidine groups is 1. The Morgan fingerprint density at radius 3 is 2.52 bits per heavy atom. The Hall–Kier alpha value is -2.58. The van der Waals surface area contributed by atoms with E-state index in [0.717, 1.165) is 49.2 Å². The van der Waals surface area contributed by atoms with Gasteiger partial charge < -0.3 is 20.7 Å². The zero-order valence-corrected chi connectivity index (χ0v) is 19.2. The summed E-state index contributed by atoms with van der Waals surface area (Å²) in [6.45, 7) is 4.38. The third-order valence-corrected chi connectivity index (χ3v) is 6.31. The summed E-state index contributed by atoms with van der Waals surface area (Å²) in [4.78, 5) is 19.6. The SMILES string of the molecule is CN=C(NCCCNC(=O)c1cccs1)NCC(c1ccc(OC)cc1)N1CCCC1. The van der Waals surface area contributed by atoms with Gasteiger partial charge in [-0.1, -0.05) is 18.2 Å². The van der Waals surface area contributed by atoms with Crippen LogP contribution in [0.5, 0.6) is 5.75 Å².